The molecule has 1 N–H and O–H groups in total. The van der Waals surface area contributed by atoms with Gasteiger partial charge in [-0.05, 0) is 12.5 Å². The van der Waals surface area contributed by atoms with E-state index >= 15 is 0 Å². The predicted octanol–water partition coefficient (Wildman–Crippen LogP) is 2.40. The fourth-order valence-corrected chi connectivity index (χ4v) is 1.14. The van der Waals surface area contributed by atoms with Gasteiger partial charge in [0.2, 0.25) is 0 Å². The van der Waals surface area contributed by atoms with Crippen LogP contribution in [0.3, 0.4) is 0 Å². The minimum Gasteiger partial charge on any atom is -0.462 e. The quantitative estimate of drug-likeness (QED) is 0.476. The lowest BCUT2D eigenvalue weighted by molar-refractivity contribution is -0.140. The molecule has 0 aliphatic heterocycles. The molecule has 1 aromatic carbocycles. The minimum absolute atomic E-state index is 0.0451. The van der Waals surface area contributed by atoms with E-state index in [4.69, 9.17) is 9.84 Å². The molecule has 0 amide bonds. The third kappa shape index (κ3) is 10.4. The van der Waals surface area contributed by atoms with Gasteiger partial charge in [0, 0.05) is 24.7 Å². The summed E-state index contributed by atoms with van der Waals surface area (Å²) in [7, 11) is 0. The van der Waals surface area contributed by atoms with Crippen molar-refractivity contribution >= 4 is 11.9 Å². The maximum atomic E-state index is 10.6. The first kappa shape index (κ1) is 19.6. The Morgan fingerprint density at radius 1 is 1.23 bits per heavy atom. The molecule has 0 unspecified atom stereocenters. The van der Waals surface area contributed by atoms with Crippen molar-refractivity contribution in [3.05, 3.63) is 60.7 Å². The molecule has 0 saturated carbocycles. The summed E-state index contributed by atoms with van der Waals surface area (Å²) in [5.41, 5.74) is 1.37. The first-order chi connectivity index (χ1) is 10.5. The lowest BCUT2D eigenvalue weighted by Gasteiger charge is -2.00. The van der Waals surface area contributed by atoms with Crippen molar-refractivity contribution in [2.45, 2.75) is 20.0 Å². The maximum Gasteiger partial charge on any atom is 0.333 e. The van der Waals surface area contributed by atoms with E-state index in [9.17, 15) is 9.59 Å². The van der Waals surface area contributed by atoms with Crippen LogP contribution >= 0.6 is 0 Å². The number of aliphatic hydroxyl groups is 1. The summed E-state index contributed by atoms with van der Waals surface area (Å²) in [5, 5.41) is 8.30. The Balaban J connectivity index is 0.000000409. The van der Waals surface area contributed by atoms with Crippen LogP contribution in [0.2, 0.25) is 0 Å². The Labute approximate surface area is 130 Å². The van der Waals surface area contributed by atoms with Crippen LogP contribution in [0.4, 0.5) is 0 Å². The van der Waals surface area contributed by atoms with Crippen LogP contribution in [0.15, 0.2) is 55.1 Å². The van der Waals surface area contributed by atoms with Crippen molar-refractivity contribution in [2.24, 2.45) is 0 Å². The molecule has 0 heterocycles. The molecular weight excluding hydrogens is 284 g/mol. The molecule has 5 nitrogen and oxygen atoms in total. The summed E-state index contributed by atoms with van der Waals surface area (Å²) in [6.07, 6.45) is 1.64. The summed E-state index contributed by atoms with van der Waals surface area (Å²) < 4.78 is 9.47. The third-order valence-electron chi connectivity index (χ3n) is 2.27. The van der Waals surface area contributed by atoms with Gasteiger partial charge in [0.15, 0.2) is 0 Å². The molecule has 0 fully saturated rings. The van der Waals surface area contributed by atoms with Gasteiger partial charge in [0.1, 0.15) is 6.61 Å². The van der Waals surface area contributed by atoms with E-state index in [1.807, 2.05) is 30.3 Å². The summed E-state index contributed by atoms with van der Waals surface area (Å²) >= 11 is 0. The second-order valence-electron chi connectivity index (χ2n) is 4.29. The summed E-state index contributed by atoms with van der Waals surface area (Å²) in [6.45, 7) is 8.90. The molecule has 0 bridgehead atoms. The highest BCUT2D eigenvalue weighted by Crippen LogP contribution is 2.00. The SMILES string of the molecule is C=C(C)C(=O)OCCCO.C=CC(=O)OCc1ccccc1. The van der Waals surface area contributed by atoms with Gasteiger partial charge in [-0.15, -0.1) is 0 Å². The third-order valence-corrected chi connectivity index (χ3v) is 2.27. The van der Waals surface area contributed by atoms with E-state index in [1.165, 1.54) is 0 Å². The normalized spacial score (nSPS) is 9.00. The summed E-state index contributed by atoms with van der Waals surface area (Å²) in [5.74, 6) is -0.785. The van der Waals surface area contributed by atoms with Gasteiger partial charge < -0.3 is 14.6 Å². The lowest BCUT2D eigenvalue weighted by atomic mass is 10.2. The molecule has 0 atom stereocenters. The second kappa shape index (κ2) is 12.3. The largest absolute Gasteiger partial charge is 0.462 e. The van der Waals surface area contributed by atoms with Crippen molar-refractivity contribution < 1.29 is 24.2 Å². The monoisotopic (exact) mass is 306 g/mol. The molecule has 0 radical (unpaired) electrons. The first-order valence-electron chi connectivity index (χ1n) is 6.77. The Bertz CT molecular complexity index is 479. The van der Waals surface area contributed by atoms with Crippen LogP contribution in [-0.4, -0.2) is 30.3 Å². The maximum absolute atomic E-state index is 10.6. The number of benzene rings is 1. The molecule has 0 spiro atoms. The second-order valence-corrected chi connectivity index (χ2v) is 4.29. The van der Waals surface area contributed by atoms with E-state index in [1.54, 1.807) is 6.92 Å². The van der Waals surface area contributed by atoms with Gasteiger partial charge in [-0.2, -0.15) is 0 Å². The smallest absolute Gasteiger partial charge is 0.333 e. The first-order valence-corrected chi connectivity index (χ1v) is 6.77. The van der Waals surface area contributed by atoms with Crippen LogP contribution in [0.25, 0.3) is 0 Å². The van der Waals surface area contributed by atoms with Gasteiger partial charge in [-0.25, -0.2) is 9.59 Å². The van der Waals surface area contributed by atoms with E-state index in [0.717, 1.165) is 11.6 Å². The Morgan fingerprint density at radius 3 is 2.36 bits per heavy atom. The van der Waals surface area contributed by atoms with E-state index in [0.29, 0.717) is 18.6 Å². The number of carbonyl (C=O) groups is 2. The lowest BCUT2D eigenvalue weighted by Crippen LogP contribution is -2.06. The van der Waals surface area contributed by atoms with Crippen molar-refractivity contribution in [3.63, 3.8) is 0 Å². The van der Waals surface area contributed by atoms with E-state index < -0.39 is 5.97 Å². The predicted molar refractivity (Wildman–Crippen MR) is 83.9 cm³/mol. The average Bonchev–Trinajstić information content (AvgIpc) is 2.54. The molecule has 0 aliphatic carbocycles. The standard InChI is InChI=1S/C10H10O2.C7H12O3/c1-2-10(11)12-8-9-6-4-3-5-7-9;1-6(2)7(9)10-5-3-4-8/h2-7H,1,8H2;8H,1,3-5H2,2H3. The van der Waals surface area contributed by atoms with Crippen LogP contribution in [-0.2, 0) is 25.7 Å². The molecule has 1 aromatic rings. The number of carbonyl (C=O) groups excluding carboxylic acids is 2. The summed E-state index contributed by atoms with van der Waals surface area (Å²) in [6, 6.07) is 9.51. The summed E-state index contributed by atoms with van der Waals surface area (Å²) in [4.78, 5) is 21.3. The Kier molecular flexibility index (Phi) is 11.0. The Morgan fingerprint density at radius 2 is 1.86 bits per heavy atom. The zero-order valence-electron chi connectivity index (χ0n) is 12.8. The number of aliphatic hydroxyl groups excluding tert-OH is 1. The van der Waals surface area contributed by atoms with Crippen LogP contribution in [0.1, 0.15) is 18.9 Å². The van der Waals surface area contributed by atoms with E-state index in [-0.39, 0.29) is 19.2 Å². The van der Waals surface area contributed by atoms with E-state index in [2.05, 4.69) is 17.9 Å². The average molecular weight is 306 g/mol. The molecule has 0 aromatic heterocycles. The van der Waals surface area contributed by atoms with Crippen molar-refractivity contribution in [2.75, 3.05) is 13.2 Å². The molecular formula is C17H22O5. The van der Waals surface area contributed by atoms with Crippen molar-refractivity contribution in [3.8, 4) is 0 Å². The fourth-order valence-electron chi connectivity index (χ4n) is 1.14. The number of hydrogen-bond acceptors (Lipinski definition) is 5. The van der Waals surface area contributed by atoms with Gasteiger partial charge >= 0.3 is 11.9 Å². The topological polar surface area (TPSA) is 72.8 Å². The molecule has 120 valence electrons. The van der Waals surface area contributed by atoms with Gasteiger partial charge in [-0.3, -0.25) is 0 Å². The van der Waals surface area contributed by atoms with Gasteiger partial charge in [0.05, 0.1) is 6.61 Å². The van der Waals surface area contributed by atoms with Crippen LogP contribution in [0, 0.1) is 0 Å². The number of esters is 2. The highest BCUT2D eigenvalue weighted by Gasteiger charge is 2.00. The zero-order valence-corrected chi connectivity index (χ0v) is 12.8. The molecule has 22 heavy (non-hydrogen) atoms. The van der Waals surface area contributed by atoms with Gasteiger partial charge in [0.25, 0.3) is 0 Å². The number of hydrogen-bond donors (Lipinski definition) is 1. The van der Waals surface area contributed by atoms with Gasteiger partial charge in [-0.1, -0.05) is 43.5 Å². The molecule has 1 rings (SSSR count). The van der Waals surface area contributed by atoms with Crippen LogP contribution < -0.4 is 0 Å². The zero-order chi connectivity index (χ0) is 16.8. The fraction of sp³-hybridized carbons (Fsp3) is 0.294. The Hall–Kier alpha value is -2.40. The van der Waals surface area contributed by atoms with Crippen molar-refractivity contribution in [1.29, 1.82) is 0 Å². The highest BCUT2D eigenvalue weighted by atomic mass is 16.5. The highest BCUT2D eigenvalue weighted by molar-refractivity contribution is 5.86. The number of rotatable bonds is 7. The molecule has 5 heteroatoms. The van der Waals surface area contributed by atoms with Crippen LogP contribution in [0.5, 0.6) is 0 Å². The minimum atomic E-state index is -0.395. The number of ether oxygens (including phenoxy) is 2. The molecule has 0 aliphatic rings. The molecule has 0 saturated heterocycles. The van der Waals surface area contributed by atoms with Crippen molar-refractivity contribution in [1.82, 2.24) is 0 Å².